The van der Waals surface area contributed by atoms with E-state index in [9.17, 15) is 13.2 Å². The molecule has 0 fully saturated rings. The summed E-state index contributed by atoms with van der Waals surface area (Å²) in [4.78, 5) is 15.7. The number of hydrogen-bond acceptors (Lipinski definition) is 6. The average molecular weight is 338 g/mol. The van der Waals surface area contributed by atoms with Crippen LogP contribution in [0.5, 0.6) is 11.5 Å². The molecule has 0 unspecified atom stereocenters. The van der Waals surface area contributed by atoms with Gasteiger partial charge in [0, 0.05) is 18.9 Å². The molecule has 1 aromatic carbocycles. The summed E-state index contributed by atoms with van der Waals surface area (Å²) in [6.07, 6.45) is 2.76. The normalized spacial score (nSPS) is 11.2. The Bertz CT molecular complexity index is 813. The van der Waals surface area contributed by atoms with Gasteiger partial charge in [-0.3, -0.25) is 4.79 Å². The second-order valence-corrected chi connectivity index (χ2v) is 6.69. The third-order valence-electron chi connectivity index (χ3n) is 3.20. The lowest BCUT2D eigenvalue weighted by Crippen LogP contribution is -2.29. The lowest BCUT2D eigenvalue weighted by molar-refractivity contribution is 0.339. The molecule has 0 aliphatic heterocycles. The Morgan fingerprint density at radius 1 is 1.17 bits per heavy atom. The van der Waals surface area contributed by atoms with Crippen LogP contribution in [0.3, 0.4) is 0 Å². The average Bonchev–Trinajstić information content (AvgIpc) is 2.55. The zero-order chi connectivity index (χ0) is 16.9. The van der Waals surface area contributed by atoms with E-state index < -0.39 is 20.4 Å². The van der Waals surface area contributed by atoms with Crippen LogP contribution in [0, 0.1) is 0 Å². The van der Waals surface area contributed by atoms with Gasteiger partial charge >= 0.3 is 0 Å². The van der Waals surface area contributed by atoms with E-state index >= 15 is 0 Å². The van der Waals surface area contributed by atoms with E-state index in [4.69, 9.17) is 9.47 Å². The van der Waals surface area contributed by atoms with Crippen LogP contribution in [0.2, 0.25) is 0 Å². The third kappa shape index (κ3) is 4.10. The van der Waals surface area contributed by atoms with Gasteiger partial charge in [-0.1, -0.05) is 0 Å². The van der Waals surface area contributed by atoms with E-state index in [0.29, 0.717) is 18.0 Å². The second kappa shape index (κ2) is 7.28. The molecule has 0 aliphatic carbocycles. The van der Waals surface area contributed by atoms with Gasteiger partial charge in [0.25, 0.3) is 5.56 Å². The Labute approximate surface area is 134 Å². The van der Waals surface area contributed by atoms with Crippen molar-refractivity contribution in [1.82, 2.24) is 9.55 Å². The van der Waals surface area contributed by atoms with Crippen LogP contribution in [-0.4, -0.2) is 37.4 Å². The largest absolute Gasteiger partial charge is 0.497 e. The van der Waals surface area contributed by atoms with Crippen molar-refractivity contribution < 1.29 is 17.9 Å². The fourth-order valence-corrected chi connectivity index (χ4v) is 3.03. The standard InChI is InChI=1S/C15H18N2O5S/c1-3-17-9-8-16-14(15(17)18)23(19,20)11-10-22-13-6-4-12(21-2)5-7-13/h4-9H,3,10-11H2,1-2H3. The first-order valence-corrected chi connectivity index (χ1v) is 8.68. The first-order chi connectivity index (χ1) is 11.0. The van der Waals surface area contributed by atoms with Crippen molar-refractivity contribution in [3.63, 3.8) is 0 Å². The number of sulfone groups is 1. The van der Waals surface area contributed by atoms with Gasteiger partial charge in [0.05, 0.1) is 12.9 Å². The molecule has 1 heterocycles. The second-order valence-electron chi connectivity index (χ2n) is 4.67. The monoisotopic (exact) mass is 338 g/mol. The van der Waals surface area contributed by atoms with Gasteiger partial charge in [-0.25, -0.2) is 13.4 Å². The first-order valence-electron chi connectivity index (χ1n) is 7.03. The molecule has 2 aromatic rings. The van der Waals surface area contributed by atoms with Crippen molar-refractivity contribution in [1.29, 1.82) is 0 Å². The van der Waals surface area contributed by atoms with Crippen LogP contribution in [0.25, 0.3) is 0 Å². The zero-order valence-corrected chi connectivity index (χ0v) is 13.7. The molecule has 0 N–H and O–H groups in total. The molecular formula is C15H18N2O5S. The highest BCUT2D eigenvalue weighted by atomic mass is 32.2. The molecule has 0 aliphatic rings. The Morgan fingerprint density at radius 3 is 2.43 bits per heavy atom. The molecule has 0 saturated carbocycles. The molecule has 7 nitrogen and oxygen atoms in total. The van der Waals surface area contributed by atoms with E-state index in [-0.39, 0.29) is 12.4 Å². The maximum Gasteiger partial charge on any atom is 0.288 e. The van der Waals surface area contributed by atoms with Crippen molar-refractivity contribution in [2.45, 2.75) is 18.5 Å². The molecule has 0 atom stereocenters. The van der Waals surface area contributed by atoms with Crippen LogP contribution in [-0.2, 0) is 16.4 Å². The molecule has 2 rings (SSSR count). The molecule has 0 spiro atoms. The SMILES string of the molecule is CCn1ccnc(S(=O)(=O)CCOc2ccc(OC)cc2)c1=O. The van der Waals surface area contributed by atoms with E-state index in [2.05, 4.69) is 4.98 Å². The zero-order valence-electron chi connectivity index (χ0n) is 12.9. The first kappa shape index (κ1) is 17.0. The van der Waals surface area contributed by atoms with E-state index in [1.165, 1.54) is 17.0 Å². The number of ether oxygens (including phenoxy) is 2. The summed E-state index contributed by atoms with van der Waals surface area (Å²) >= 11 is 0. The summed E-state index contributed by atoms with van der Waals surface area (Å²) in [6.45, 7) is 2.06. The molecule has 23 heavy (non-hydrogen) atoms. The predicted octanol–water partition coefficient (Wildman–Crippen LogP) is 1.12. The molecule has 0 bridgehead atoms. The van der Waals surface area contributed by atoms with Gasteiger partial charge in [0.1, 0.15) is 18.1 Å². The van der Waals surface area contributed by atoms with E-state index in [1.807, 2.05) is 0 Å². The smallest absolute Gasteiger partial charge is 0.288 e. The van der Waals surface area contributed by atoms with Crippen molar-refractivity contribution in [2.24, 2.45) is 0 Å². The summed E-state index contributed by atoms with van der Waals surface area (Å²) in [5.41, 5.74) is -0.612. The lowest BCUT2D eigenvalue weighted by Gasteiger charge is -2.08. The highest BCUT2D eigenvalue weighted by molar-refractivity contribution is 7.91. The van der Waals surface area contributed by atoms with Crippen LogP contribution in [0.1, 0.15) is 6.92 Å². The highest BCUT2D eigenvalue weighted by Gasteiger charge is 2.21. The topological polar surface area (TPSA) is 87.5 Å². The lowest BCUT2D eigenvalue weighted by atomic mass is 10.3. The molecule has 124 valence electrons. The fourth-order valence-electron chi connectivity index (χ4n) is 1.93. The van der Waals surface area contributed by atoms with E-state index in [1.54, 1.807) is 38.3 Å². The van der Waals surface area contributed by atoms with Gasteiger partial charge in [-0.15, -0.1) is 0 Å². The number of hydrogen-bond donors (Lipinski definition) is 0. The molecule has 0 saturated heterocycles. The van der Waals surface area contributed by atoms with Crippen molar-refractivity contribution in [3.05, 3.63) is 47.0 Å². The highest BCUT2D eigenvalue weighted by Crippen LogP contribution is 2.17. The Balaban J connectivity index is 2.05. The van der Waals surface area contributed by atoms with Crippen LogP contribution in [0.4, 0.5) is 0 Å². The number of aryl methyl sites for hydroxylation is 1. The van der Waals surface area contributed by atoms with Crippen LogP contribution >= 0.6 is 0 Å². The molecule has 0 radical (unpaired) electrons. The minimum atomic E-state index is -3.80. The number of nitrogens with zero attached hydrogens (tertiary/aromatic N) is 2. The number of benzene rings is 1. The summed E-state index contributed by atoms with van der Waals surface area (Å²) in [5, 5.41) is -0.444. The molecular weight excluding hydrogens is 320 g/mol. The van der Waals surface area contributed by atoms with Gasteiger partial charge in [-0.05, 0) is 31.2 Å². The molecule has 8 heteroatoms. The minimum Gasteiger partial charge on any atom is -0.497 e. The van der Waals surface area contributed by atoms with Gasteiger partial charge in [0.2, 0.25) is 14.9 Å². The van der Waals surface area contributed by atoms with Gasteiger partial charge in [0.15, 0.2) is 0 Å². The van der Waals surface area contributed by atoms with Crippen LogP contribution < -0.4 is 15.0 Å². The number of aromatic nitrogens is 2. The minimum absolute atomic E-state index is 0.0726. The van der Waals surface area contributed by atoms with E-state index in [0.717, 1.165) is 0 Å². The summed E-state index contributed by atoms with van der Waals surface area (Å²) < 4.78 is 36.2. The van der Waals surface area contributed by atoms with Crippen molar-refractivity contribution in [3.8, 4) is 11.5 Å². The third-order valence-corrected chi connectivity index (χ3v) is 4.77. The predicted molar refractivity (Wildman–Crippen MR) is 84.7 cm³/mol. The Hall–Kier alpha value is -2.35. The van der Waals surface area contributed by atoms with Crippen LogP contribution in [0.15, 0.2) is 46.5 Å². The Kier molecular flexibility index (Phi) is 5.38. The summed E-state index contributed by atoms with van der Waals surface area (Å²) in [7, 11) is -2.25. The number of methoxy groups -OCH3 is 1. The maximum absolute atomic E-state index is 12.2. The van der Waals surface area contributed by atoms with Crippen molar-refractivity contribution in [2.75, 3.05) is 19.5 Å². The van der Waals surface area contributed by atoms with Gasteiger partial charge in [-0.2, -0.15) is 0 Å². The quantitative estimate of drug-likeness (QED) is 0.752. The molecule has 0 amide bonds. The maximum atomic E-state index is 12.2. The van der Waals surface area contributed by atoms with Gasteiger partial charge < -0.3 is 14.0 Å². The van der Waals surface area contributed by atoms with Crippen molar-refractivity contribution >= 4 is 9.84 Å². The Morgan fingerprint density at radius 2 is 1.83 bits per heavy atom. The number of rotatable bonds is 7. The molecule has 1 aromatic heterocycles. The summed E-state index contributed by atoms with van der Waals surface area (Å²) in [5.74, 6) is 0.876. The summed E-state index contributed by atoms with van der Waals surface area (Å²) in [6, 6.07) is 6.78. The fraction of sp³-hybridized carbons (Fsp3) is 0.333.